The maximum atomic E-state index is 13.8. The van der Waals surface area contributed by atoms with Gasteiger partial charge in [-0.05, 0) is 37.1 Å². The van der Waals surface area contributed by atoms with Crippen molar-refractivity contribution in [3.63, 3.8) is 0 Å². The molecule has 9 heteroatoms. The van der Waals surface area contributed by atoms with Gasteiger partial charge >= 0.3 is 0 Å². The van der Waals surface area contributed by atoms with E-state index in [-0.39, 0.29) is 12.1 Å². The molecule has 0 radical (unpaired) electrons. The summed E-state index contributed by atoms with van der Waals surface area (Å²) in [6.07, 6.45) is 3.99. The third-order valence-electron chi connectivity index (χ3n) is 5.11. The molecule has 1 amide bonds. The van der Waals surface area contributed by atoms with Gasteiger partial charge in [0.05, 0.1) is 16.5 Å². The molecule has 0 saturated carbocycles. The zero-order valence-electron chi connectivity index (χ0n) is 15.3. The van der Waals surface area contributed by atoms with Crippen LogP contribution in [-0.2, 0) is 0 Å². The SMILES string of the molecule is Cc1c[nH]c2ncnc(N3CC[C@](N)(CNC(=O)c4cc(F)ccc4F)C3)c12. The number of benzene rings is 1. The van der Waals surface area contributed by atoms with Crippen LogP contribution < -0.4 is 16.0 Å². The summed E-state index contributed by atoms with van der Waals surface area (Å²) in [7, 11) is 0. The predicted molar refractivity (Wildman–Crippen MR) is 101 cm³/mol. The second-order valence-electron chi connectivity index (χ2n) is 7.23. The first-order valence-electron chi connectivity index (χ1n) is 8.92. The molecule has 28 heavy (non-hydrogen) atoms. The summed E-state index contributed by atoms with van der Waals surface area (Å²) < 4.78 is 27.1. The topological polar surface area (TPSA) is 99.9 Å². The number of H-pyrrole nitrogens is 1. The van der Waals surface area contributed by atoms with Gasteiger partial charge in [-0.15, -0.1) is 0 Å². The van der Waals surface area contributed by atoms with E-state index in [1.807, 2.05) is 13.1 Å². The second-order valence-corrected chi connectivity index (χ2v) is 7.23. The van der Waals surface area contributed by atoms with Crippen LogP contribution >= 0.6 is 0 Å². The molecule has 1 aliphatic rings. The highest BCUT2D eigenvalue weighted by Crippen LogP contribution is 2.30. The lowest BCUT2D eigenvalue weighted by atomic mass is 10.00. The Bertz CT molecular complexity index is 1050. The summed E-state index contributed by atoms with van der Waals surface area (Å²) in [6.45, 7) is 3.25. The Balaban J connectivity index is 1.47. The number of nitrogens with two attached hydrogens (primary N) is 1. The fourth-order valence-electron chi connectivity index (χ4n) is 3.58. The number of carbonyl (C=O) groups is 1. The summed E-state index contributed by atoms with van der Waals surface area (Å²) in [4.78, 5) is 26.0. The van der Waals surface area contributed by atoms with Crippen LogP contribution in [0.25, 0.3) is 11.0 Å². The number of carbonyl (C=O) groups excluding carboxylic acids is 1. The Hall–Kier alpha value is -3.07. The minimum absolute atomic E-state index is 0.138. The first-order valence-corrected chi connectivity index (χ1v) is 8.92. The number of rotatable bonds is 4. The Kier molecular flexibility index (Phi) is 4.46. The van der Waals surface area contributed by atoms with Gasteiger partial charge in [-0.2, -0.15) is 0 Å². The summed E-state index contributed by atoms with van der Waals surface area (Å²) in [5, 5.41) is 3.57. The molecule has 1 saturated heterocycles. The van der Waals surface area contributed by atoms with Crippen LogP contribution in [0.15, 0.2) is 30.7 Å². The molecule has 0 aliphatic carbocycles. The average molecular weight is 386 g/mol. The molecule has 3 aromatic rings. The lowest BCUT2D eigenvalue weighted by Crippen LogP contribution is -2.52. The zero-order chi connectivity index (χ0) is 19.9. The highest BCUT2D eigenvalue weighted by molar-refractivity contribution is 5.94. The molecule has 0 unspecified atom stereocenters. The van der Waals surface area contributed by atoms with E-state index >= 15 is 0 Å². The largest absolute Gasteiger partial charge is 0.354 e. The van der Waals surface area contributed by atoms with Gasteiger partial charge in [-0.25, -0.2) is 18.7 Å². The van der Waals surface area contributed by atoms with E-state index in [4.69, 9.17) is 5.73 Å². The molecule has 146 valence electrons. The van der Waals surface area contributed by atoms with E-state index in [0.717, 1.165) is 40.6 Å². The number of aromatic nitrogens is 3. The molecular formula is C19H20F2N6O. The number of hydrogen-bond donors (Lipinski definition) is 3. The van der Waals surface area contributed by atoms with Crippen molar-refractivity contribution in [3.8, 4) is 0 Å². The van der Waals surface area contributed by atoms with Crippen LogP contribution in [0, 0.1) is 18.6 Å². The quantitative estimate of drug-likeness (QED) is 0.636. The van der Waals surface area contributed by atoms with Gasteiger partial charge < -0.3 is 20.9 Å². The zero-order valence-corrected chi connectivity index (χ0v) is 15.3. The molecule has 7 nitrogen and oxygen atoms in total. The minimum Gasteiger partial charge on any atom is -0.354 e. The molecule has 1 atom stereocenters. The minimum atomic E-state index is -0.774. The van der Waals surface area contributed by atoms with Crippen molar-refractivity contribution in [1.29, 1.82) is 0 Å². The van der Waals surface area contributed by atoms with E-state index < -0.39 is 23.1 Å². The molecule has 0 bridgehead atoms. The highest BCUT2D eigenvalue weighted by Gasteiger charge is 2.36. The standard InChI is InChI=1S/C19H20F2N6O/c1-11-7-23-16-15(11)17(26-10-25-16)27-5-4-19(22,9-27)8-24-18(28)13-6-12(20)2-3-14(13)21/h2-3,6-7,10H,4-5,8-9,22H2,1H3,(H,24,28)(H,23,25,26)/t19-/m0/s1. The van der Waals surface area contributed by atoms with Gasteiger partial charge in [-0.1, -0.05) is 0 Å². The summed E-state index contributed by atoms with van der Waals surface area (Å²) >= 11 is 0. The lowest BCUT2D eigenvalue weighted by Gasteiger charge is -2.25. The van der Waals surface area contributed by atoms with E-state index in [0.29, 0.717) is 19.5 Å². The number of nitrogens with one attached hydrogen (secondary N) is 2. The van der Waals surface area contributed by atoms with E-state index in [1.165, 1.54) is 6.33 Å². The summed E-state index contributed by atoms with van der Waals surface area (Å²) in [6, 6.07) is 2.78. The summed E-state index contributed by atoms with van der Waals surface area (Å²) in [5.74, 6) is -1.34. The number of halogens is 2. The van der Waals surface area contributed by atoms with Gasteiger partial charge in [0.15, 0.2) is 0 Å². The number of amides is 1. The Morgan fingerprint density at radius 3 is 3.04 bits per heavy atom. The van der Waals surface area contributed by atoms with E-state index in [1.54, 1.807) is 0 Å². The third-order valence-corrected chi connectivity index (χ3v) is 5.11. The Labute approximate surface area is 160 Å². The lowest BCUT2D eigenvalue weighted by molar-refractivity contribution is 0.0940. The Morgan fingerprint density at radius 1 is 1.39 bits per heavy atom. The van der Waals surface area contributed by atoms with Crippen molar-refractivity contribution < 1.29 is 13.6 Å². The van der Waals surface area contributed by atoms with Gasteiger partial charge in [0.25, 0.3) is 5.91 Å². The first kappa shape index (κ1) is 18.3. The molecule has 1 aliphatic heterocycles. The predicted octanol–water partition coefficient (Wildman–Crippen LogP) is 1.88. The van der Waals surface area contributed by atoms with Crippen LogP contribution in [0.5, 0.6) is 0 Å². The Morgan fingerprint density at radius 2 is 2.21 bits per heavy atom. The first-order chi connectivity index (χ1) is 13.4. The molecule has 4 N–H and O–H groups in total. The van der Waals surface area contributed by atoms with Crippen LogP contribution in [0.2, 0.25) is 0 Å². The van der Waals surface area contributed by atoms with Crippen LogP contribution in [0.1, 0.15) is 22.3 Å². The summed E-state index contributed by atoms with van der Waals surface area (Å²) in [5.41, 5.74) is 7.21. The molecule has 4 rings (SSSR count). The van der Waals surface area contributed by atoms with Gasteiger partial charge in [0.2, 0.25) is 0 Å². The molecule has 0 spiro atoms. The maximum absolute atomic E-state index is 13.8. The fraction of sp³-hybridized carbons (Fsp3) is 0.316. The normalized spacial score (nSPS) is 19.4. The monoisotopic (exact) mass is 386 g/mol. The molecular weight excluding hydrogens is 366 g/mol. The number of fused-ring (bicyclic) bond motifs is 1. The molecule has 2 aromatic heterocycles. The maximum Gasteiger partial charge on any atom is 0.254 e. The number of hydrogen-bond acceptors (Lipinski definition) is 5. The third kappa shape index (κ3) is 3.29. The van der Waals surface area contributed by atoms with Crippen molar-refractivity contribution in [3.05, 3.63) is 53.5 Å². The average Bonchev–Trinajstić information content (AvgIpc) is 3.26. The van der Waals surface area contributed by atoms with Gasteiger partial charge in [0.1, 0.15) is 29.4 Å². The second kappa shape index (κ2) is 6.83. The molecule has 1 aromatic carbocycles. The van der Waals surface area contributed by atoms with E-state index in [9.17, 15) is 13.6 Å². The van der Waals surface area contributed by atoms with Crippen molar-refractivity contribution >= 4 is 22.8 Å². The fourth-order valence-corrected chi connectivity index (χ4v) is 3.58. The molecule has 1 fully saturated rings. The van der Waals surface area contributed by atoms with Crippen LogP contribution in [-0.4, -0.2) is 46.0 Å². The van der Waals surface area contributed by atoms with Gasteiger partial charge in [-0.3, -0.25) is 4.79 Å². The number of aryl methyl sites for hydroxylation is 1. The van der Waals surface area contributed by atoms with Crippen molar-refractivity contribution in [2.75, 3.05) is 24.5 Å². The number of aromatic amines is 1. The smallest absolute Gasteiger partial charge is 0.254 e. The highest BCUT2D eigenvalue weighted by atomic mass is 19.1. The van der Waals surface area contributed by atoms with E-state index in [2.05, 4.69) is 25.2 Å². The van der Waals surface area contributed by atoms with Gasteiger partial charge in [0, 0.05) is 25.8 Å². The number of nitrogens with zero attached hydrogens (tertiary/aromatic N) is 3. The van der Waals surface area contributed by atoms with Crippen LogP contribution in [0.3, 0.4) is 0 Å². The van der Waals surface area contributed by atoms with Crippen molar-refractivity contribution in [1.82, 2.24) is 20.3 Å². The van der Waals surface area contributed by atoms with Crippen LogP contribution in [0.4, 0.5) is 14.6 Å². The number of anilines is 1. The van der Waals surface area contributed by atoms with Crippen molar-refractivity contribution in [2.45, 2.75) is 18.9 Å². The molecule has 3 heterocycles. The van der Waals surface area contributed by atoms with Crippen molar-refractivity contribution in [2.24, 2.45) is 5.73 Å².